The van der Waals surface area contributed by atoms with Crippen molar-refractivity contribution in [2.24, 2.45) is 5.92 Å². The van der Waals surface area contributed by atoms with E-state index < -0.39 is 0 Å². The van der Waals surface area contributed by atoms with E-state index in [1.54, 1.807) is 11.1 Å². The highest BCUT2D eigenvalue weighted by molar-refractivity contribution is 5.85. The van der Waals surface area contributed by atoms with E-state index in [-0.39, 0.29) is 37.5 Å². The fraction of sp³-hybridized carbons (Fsp3) is 0.458. The van der Waals surface area contributed by atoms with Crippen molar-refractivity contribution in [2.45, 2.75) is 33.0 Å². The van der Waals surface area contributed by atoms with Gasteiger partial charge in [-0.05, 0) is 30.2 Å². The molecule has 0 unspecified atom stereocenters. The van der Waals surface area contributed by atoms with Crippen LogP contribution in [0.15, 0.2) is 54.7 Å². The molecule has 7 heteroatoms. The standard InChI is InChI=1S/C24H31N3O4/c1-19(2)14-26-15-22(31-18-20-8-6-7-12-25-20)16-27(17-24(26)29)23(28)11-13-30-21-9-4-3-5-10-21/h3-10,12,19,22H,11,13-18H2,1-2H3/t22-/m0/s1. The van der Waals surface area contributed by atoms with Crippen LogP contribution in [-0.2, 0) is 20.9 Å². The number of hydrogen-bond donors (Lipinski definition) is 0. The Morgan fingerprint density at radius 3 is 2.61 bits per heavy atom. The molecule has 7 nitrogen and oxygen atoms in total. The van der Waals surface area contributed by atoms with Crippen molar-refractivity contribution in [3.63, 3.8) is 0 Å². The Morgan fingerprint density at radius 2 is 1.90 bits per heavy atom. The third-order valence-corrected chi connectivity index (χ3v) is 4.99. The van der Waals surface area contributed by atoms with E-state index in [1.807, 2.05) is 53.4 Å². The monoisotopic (exact) mass is 425 g/mol. The first kappa shape index (κ1) is 22.7. The molecule has 1 aromatic heterocycles. The van der Waals surface area contributed by atoms with Crippen molar-refractivity contribution in [3.05, 3.63) is 60.4 Å². The molecule has 0 bridgehead atoms. The minimum atomic E-state index is -0.272. The zero-order valence-corrected chi connectivity index (χ0v) is 18.3. The second-order valence-corrected chi connectivity index (χ2v) is 8.13. The van der Waals surface area contributed by atoms with Gasteiger partial charge in [0.15, 0.2) is 0 Å². The number of carbonyl (C=O) groups is 2. The highest BCUT2D eigenvalue weighted by atomic mass is 16.5. The summed E-state index contributed by atoms with van der Waals surface area (Å²) >= 11 is 0. The Balaban J connectivity index is 1.61. The number of pyridine rings is 1. The van der Waals surface area contributed by atoms with Gasteiger partial charge in [0.25, 0.3) is 0 Å². The smallest absolute Gasteiger partial charge is 0.242 e. The average Bonchev–Trinajstić information content (AvgIpc) is 2.92. The first-order valence-electron chi connectivity index (χ1n) is 10.8. The topological polar surface area (TPSA) is 72.0 Å². The number of aromatic nitrogens is 1. The van der Waals surface area contributed by atoms with Crippen LogP contribution in [-0.4, -0.2) is 65.5 Å². The van der Waals surface area contributed by atoms with Gasteiger partial charge in [-0.15, -0.1) is 0 Å². The summed E-state index contributed by atoms with van der Waals surface area (Å²) in [6, 6.07) is 15.1. The number of rotatable bonds is 9. The molecule has 0 aliphatic carbocycles. The Labute approximate surface area is 184 Å². The quantitative estimate of drug-likeness (QED) is 0.618. The van der Waals surface area contributed by atoms with Gasteiger partial charge in [-0.1, -0.05) is 38.1 Å². The predicted octanol–water partition coefficient (Wildman–Crippen LogP) is 2.76. The molecule has 3 rings (SSSR count). The highest BCUT2D eigenvalue weighted by Gasteiger charge is 2.31. The second-order valence-electron chi connectivity index (χ2n) is 8.13. The Bertz CT molecular complexity index is 829. The minimum Gasteiger partial charge on any atom is -0.493 e. The molecule has 0 radical (unpaired) electrons. The van der Waals surface area contributed by atoms with Crippen molar-refractivity contribution in [3.8, 4) is 5.75 Å². The first-order valence-corrected chi connectivity index (χ1v) is 10.8. The third kappa shape index (κ3) is 7.36. The van der Waals surface area contributed by atoms with Crippen LogP contribution in [0.3, 0.4) is 0 Å². The van der Waals surface area contributed by atoms with Gasteiger partial charge in [-0.25, -0.2) is 0 Å². The van der Waals surface area contributed by atoms with Crippen LogP contribution >= 0.6 is 0 Å². The number of para-hydroxylation sites is 1. The summed E-state index contributed by atoms with van der Waals surface area (Å²) in [6.07, 6.45) is 1.66. The molecule has 1 aromatic carbocycles. The third-order valence-electron chi connectivity index (χ3n) is 4.99. The van der Waals surface area contributed by atoms with Gasteiger partial charge in [0.1, 0.15) is 5.75 Å². The summed E-state index contributed by atoms with van der Waals surface area (Å²) < 4.78 is 11.7. The molecule has 1 fully saturated rings. The van der Waals surface area contributed by atoms with Gasteiger partial charge >= 0.3 is 0 Å². The van der Waals surface area contributed by atoms with Crippen molar-refractivity contribution in [1.82, 2.24) is 14.8 Å². The maximum absolute atomic E-state index is 12.8. The van der Waals surface area contributed by atoms with Crippen LogP contribution in [0.4, 0.5) is 0 Å². The second kappa shape index (κ2) is 11.5. The Hall–Kier alpha value is -2.93. The lowest BCUT2D eigenvalue weighted by atomic mass is 10.2. The van der Waals surface area contributed by atoms with E-state index in [0.717, 1.165) is 11.4 Å². The molecule has 2 aromatic rings. The summed E-state index contributed by atoms with van der Waals surface area (Å²) in [6.45, 7) is 6.31. The van der Waals surface area contributed by atoms with E-state index in [9.17, 15) is 9.59 Å². The number of amides is 2. The molecule has 0 N–H and O–H groups in total. The van der Waals surface area contributed by atoms with Gasteiger partial charge in [0.05, 0.1) is 38.0 Å². The number of benzene rings is 1. The van der Waals surface area contributed by atoms with Gasteiger partial charge in [-0.3, -0.25) is 14.6 Å². The normalized spacial score (nSPS) is 17.0. The summed E-state index contributed by atoms with van der Waals surface area (Å²) in [4.78, 5) is 33.3. The molecule has 166 valence electrons. The first-order chi connectivity index (χ1) is 15.0. The van der Waals surface area contributed by atoms with Crippen LogP contribution in [0.1, 0.15) is 26.0 Å². The lowest BCUT2D eigenvalue weighted by Gasteiger charge is -2.25. The zero-order chi connectivity index (χ0) is 22.1. The molecule has 0 saturated carbocycles. The summed E-state index contributed by atoms with van der Waals surface area (Å²) in [5.41, 5.74) is 0.822. The molecule has 1 saturated heterocycles. The summed E-state index contributed by atoms with van der Waals surface area (Å²) in [5, 5.41) is 0. The van der Waals surface area contributed by atoms with E-state index in [4.69, 9.17) is 9.47 Å². The molecular formula is C24H31N3O4. The van der Waals surface area contributed by atoms with Gasteiger partial charge in [0, 0.05) is 25.8 Å². The molecule has 2 amide bonds. The molecule has 0 spiro atoms. The number of ether oxygens (including phenoxy) is 2. The van der Waals surface area contributed by atoms with Crippen molar-refractivity contribution in [1.29, 1.82) is 0 Å². The molecule has 31 heavy (non-hydrogen) atoms. The fourth-order valence-electron chi connectivity index (χ4n) is 3.51. The van der Waals surface area contributed by atoms with Crippen LogP contribution in [0.5, 0.6) is 5.75 Å². The van der Waals surface area contributed by atoms with Crippen molar-refractivity contribution < 1.29 is 19.1 Å². The van der Waals surface area contributed by atoms with Gasteiger partial charge in [-0.2, -0.15) is 0 Å². The summed E-state index contributed by atoms with van der Waals surface area (Å²) in [7, 11) is 0. The minimum absolute atomic E-state index is 0.0463. The van der Waals surface area contributed by atoms with Crippen molar-refractivity contribution >= 4 is 11.8 Å². The zero-order valence-electron chi connectivity index (χ0n) is 18.3. The van der Waals surface area contributed by atoms with E-state index in [1.165, 1.54) is 0 Å². The SMILES string of the molecule is CC(C)CN1C[C@H](OCc2ccccn2)CN(C(=O)CCOc2ccccc2)CC1=O. The largest absolute Gasteiger partial charge is 0.493 e. The Morgan fingerprint density at radius 1 is 1.13 bits per heavy atom. The number of nitrogens with zero attached hydrogens (tertiary/aromatic N) is 3. The number of hydrogen-bond acceptors (Lipinski definition) is 5. The average molecular weight is 426 g/mol. The van der Waals surface area contributed by atoms with E-state index >= 15 is 0 Å². The molecule has 1 atom stereocenters. The molecule has 1 aliphatic rings. The molecule has 2 heterocycles. The van der Waals surface area contributed by atoms with Gasteiger partial charge < -0.3 is 19.3 Å². The van der Waals surface area contributed by atoms with Gasteiger partial charge in [0.2, 0.25) is 11.8 Å². The van der Waals surface area contributed by atoms with E-state index in [2.05, 4.69) is 18.8 Å². The fourth-order valence-corrected chi connectivity index (χ4v) is 3.51. The Kier molecular flexibility index (Phi) is 8.41. The van der Waals surface area contributed by atoms with Crippen LogP contribution in [0.2, 0.25) is 0 Å². The lowest BCUT2D eigenvalue weighted by Crippen LogP contribution is -2.40. The van der Waals surface area contributed by atoms with Crippen LogP contribution in [0.25, 0.3) is 0 Å². The molecule has 1 aliphatic heterocycles. The molecular weight excluding hydrogens is 394 g/mol. The lowest BCUT2D eigenvalue weighted by molar-refractivity contribution is -0.139. The van der Waals surface area contributed by atoms with E-state index in [0.29, 0.717) is 32.2 Å². The maximum atomic E-state index is 12.8. The van der Waals surface area contributed by atoms with Crippen molar-refractivity contribution in [2.75, 3.05) is 32.8 Å². The van der Waals surface area contributed by atoms with Crippen LogP contribution < -0.4 is 4.74 Å². The predicted molar refractivity (Wildman–Crippen MR) is 117 cm³/mol. The summed E-state index contributed by atoms with van der Waals surface area (Å²) in [5.74, 6) is 0.904. The number of carbonyl (C=O) groups excluding carboxylic acids is 2. The van der Waals surface area contributed by atoms with Crippen LogP contribution in [0, 0.1) is 5.92 Å². The maximum Gasteiger partial charge on any atom is 0.242 e. The highest BCUT2D eigenvalue weighted by Crippen LogP contribution is 2.14.